The van der Waals surface area contributed by atoms with Crippen LogP contribution < -0.4 is 10.1 Å². The molecule has 5 nitrogen and oxygen atoms in total. The highest BCUT2D eigenvalue weighted by molar-refractivity contribution is 5.93. The van der Waals surface area contributed by atoms with Gasteiger partial charge in [0.05, 0.1) is 6.04 Å². The summed E-state index contributed by atoms with van der Waals surface area (Å²) >= 11 is 0. The molecule has 2 amide bonds. The van der Waals surface area contributed by atoms with Crippen LogP contribution in [0, 0.1) is 0 Å². The lowest BCUT2D eigenvalue weighted by atomic mass is 9.90. The van der Waals surface area contributed by atoms with Gasteiger partial charge in [0.2, 0.25) is 0 Å². The Balaban J connectivity index is 1.30. The minimum Gasteiger partial charge on any atom is -0.406 e. The van der Waals surface area contributed by atoms with Crippen molar-refractivity contribution in [1.82, 2.24) is 9.80 Å². The van der Waals surface area contributed by atoms with Gasteiger partial charge in [-0.25, -0.2) is 4.79 Å². The molecule has 1 atom stereocenters. The van der Waals surface area contributed by atoms with Crippen LogP contribution in [0.4, 0.5) is 23.7 Å². The first kappa shape index (κ1) is 23.2. The highest BCUT2D eigenvalue weighted by atomic mass is 19.4. The number of halogens is 3. The summed E-state index contributed by atoms with van der Waals surface area (Å²) in [7, 11) is 0. The van der Waals surface area contributed by atoms with Crippen LogP contribution in [-0.2, 0) is 6.54 Å². The second kappa shape index (κ2) is 9.62. The average Bonchev–Trinajstić information content (AvgIpc) is 2.83. The zero-order valence-electron chi connectivity index (χ0n) is 19.0. The molecule has 0 bridgehead atoms. The lowest BCUT2D eigenvalue weighted by molar-refractivity contribution is -0.274. The van der Waals surface area contributed by atoms with E-state index in [0.29, 0.717) is 6.54 Å². The zero-order valence-corrected chi connectivity index (χ0v) is 19.0. The number of carbonyl (C=O) groups is 1. The quantitative estimate of drug-likeness (QED) is 0.473. The topological polar surface area (TPSA) is 44.8 Å². The van der Waals surface area contributed by atoms with E-state index in [1.54, 1.807) is 12.1 Å². The molecule has 3 aromatic carbocycles. The molecule has 35 heavy (non-hydrogen) atoms. The standard InChI is InChI=1S/C27H26F3N3O2/c28-27(29,30)35-22-10-6-7-19(17-22)18-32-15-13-21(14-16-32)33-25(20-8-2-1-3-9-20)23-11-4-5-12-24(23)31-26(33)34/h1-12,17,21,25H,13-16,18H2,(H,31,34)/t25-/m0/s1. The van der Waals surface area contributed by atoms with Gasteiger partial charge in [0.15, 0.2) is 0 Å². The van der Waals surface area contributed by atoms with E-state index in [1.165, 1.54) is 12.1 Å². The Hall–Kier alpha value is -3.52. The summed E-state index contributed by atoms with van der Waals surface area (Å²) in [6.07, 6.45) is -3.16. The third kappa shape index (κ3) is 5.27. The number of likely N-dealkylation sites (tertiary alicyclic amines) is 1. The fourth-order valence-corrected chi connectivity index (χ4v) is 5.10. The van der Waals surface area contributed by atoms with E-state index in [-0.39, 0.29) is 23.9 Å². The predicted molar refractivity (Wildman–Crippen MR) is 127 cm³/mol. The number of alkyl halides is 3. The molecule has 1 N–H and O–H groups in total. The van der Waals surface area contributed by atoms with Gasteiger partial charge in [-0.1, -0.05) is 60.7 Å². The minimum absolute atomic E-state index is 0.0460. The van der Waals surface area contributed by atoms with Crippen molar-refractivity contribution in [2.75, 3.05) is 18.4 Å². The molecule has 0 saturated carbocycles. The van der Waals surface area contributed by atoms with E-state index < -0.39 is 6.36 Å². The smallest absolute Gasteiger partial charge is 0.406 e. The van der Waals surface area contributed by atoms with Crippen LogP contribution in [0.2, 0.25) is 0 Å². The number of amides is 2. The van der Waals surface area contributed by atoms with E-state index in [1.807, 2.05) is 41.3 Å². The first-order valence-corrected chi connectivity index (χ1v) is 11.7. The van der Waals surface area contributed by atoms with E-state index in [2.05, 4.69) is 33.2 Å². The summed E-state index contributed by atoms with van der Waals surface area (Å²) in [5, 5.41) is 3.05. The SMILES string of the molecule is O=C1Nc2ccccc2[C@H](c2ccccc2)N1C1CCN(Cc2cccc(OC(F)(F)F)c2)CC1. The molecule has 0 spiro atoms. The van der Waals surface area contributed by atoms with Crippen molar-refractivity contribution < 1.29 is 22.7 Å². The predicted octanol–water partition coefficient (Wildman–Crippen LogP) is 6.19. The molecule has 0 aliphatic carbocycles. The second-order valence-electron chi connectivity index (χ2n) is 8.94. The lowest BCUT2D eigenvalue weighted by Crippen LogP contribution is -2.52. The molecule has 2 aliphatic rings. The van der Waals surface area contributed by atoms with Crippen molar-refractivity contribution in [3.63, 3.8) is 0 Å². The minimum atomic E-state index is -4.71. The summed E-state index contributed by atoms with van der Waals surface area (Å²) < 4.78 is 41.7. The zero-order chi connectivity index (χ0) is 24.4. The molecular weight excluding hydrogens is 455 g/mol. The normalized spacial score (nSPS) is 19.2. The molecule has 5 rings (SSSR count). The van der Waals surface area contributed by atoms with Crippen LogP contribution in [0.3, 0.4) is 0 Å². The Morgan fingerprint density at radius 1 is 0.914 bits per heavy atom. The van der Waals surface area contributed by atoms with Crippen molar-refractivity contribution >= 4 is 11.7 Å². The highest BCUT2D eigenvalue weighted by Gasteiger charge is 2.39. The Bertz CT molecular complexity index is 1180. The molecule has 182 valence electrons. The number of hydrogen-bond acceptors (Lipinski definition) is 3. The average molecular weight is 482 g/mol. The van der Waals surface area contributed by atoms with Crippen LogP contribution in [0.1, 0.15) is 35.6 Å². The number of ether oxygens (including phenoxy) is 1. The molecule has 0 unspecified atom stereocenters. The van der Waals surface area contributed by atoms with Gasteiger partial charge in [-0.2, -0.15) is 0 Å². The van der Waals surface area contributed by atoms with Gasteiger partial charge in [0, 0.05) is 36.9 Å². The number of fused-ring (bicyclic) bond motifs is 1. The van der Waals surface area contributed by atoms with Gasteiger partial charge in [0.25, 0.3) is 0 Å². The number of anilines is 1. The number of piperidine rings is 1. The summed E-state index contributed by atoms with van der Waals surface area (Å²) in [6, 6.07) is 23.8. The van der Waals surface area contributed by atoms with Crippen LogP contribution in [0.15, 0.2) is 78.9 Å². The van der Waals surface area contributed by atoms with Crippen molar-refractivity contribution in [1.29, 1.82) is 0 Å². The van der Waals surface area contributed by atoms with Crippen molar-refractivity contribution in [3.05, 3.63) is 95.6 Å². The third-order valence-electron chi connectivity index (χ3n) is 6.61. The number of nitrogens with zero attached hydrogens (tertiary/aromatic N) is 2. The Morgan fingerprint density at radius 2 is 1.63 bits per heavy atom. The van der Waals surface area contributed by atoms with Gasteiger partial charge in [-0.15, -0.1) is 13.2 Å². The molecular formula is C27H26F3N3O2. The monoisotopic (exact) mass is 481 g/mol. The fourth-order valence-electron chi connectivity index (χ4n) is 5.10. The summed E-state index contributed by atoms with van der Waals surface area (Å²) in [5.41, 5.74) is 3.74. The van der Waals surface area contributed by atoms with E-state index >= 15 is 0 Å². The van der Waals surface area contributed by atoms with Crippen LogP contribution >= 0.6 is 0 Å². The van der Waals surface area contributed by atoms with Gasteiger partial charge < -0.3 is 15.0 Å². The Morgan fingerprint density at radius 3 is 2.37 bits per heavy atom. The Kier molecular flexibility index (Phi) is 6.38. The van der Waals surface area contributed by atoms with Crippen molar-refractivity contribution in [3.8, 4) is 5.75 Å². The molecule has 0 radical (unpaired) electrons. The van der Waals surface area contributed by atoms with Crippen molar-refractivity contribution in [2.45, 2.75) is 37.8 Å². The largest absolute Gasteiger partial charge is 0.573 e. The second-order valence-corrected chi connectivity index (χ2v) is 8.94. The summed E-state index contributed by atoms with van der Waals surface area (Å²) in [4.78, 5) is 17.4. The molecule has 2 aliphatic heterocycles. The van der Waals surface area contributed by atoms with Crippen LogP contribution in [-0.4, -0.2) is 41.3 Å². The van der Waals surface area contributed by atoms with Gasteiger partial charge in [-0.05, 0) is 42.2 Å². The maximum atomic E-state index is 13.3. The molecule has 0 aromatic heterocycles. The van der Waals surface area contributed by atoms with Crippen LogP contribution in [0.25, 0.3) is 0 Å². The third-order valence-corrected chi connectivity index (χ3v) is 6.61. The van der Waals surface area contributed by atoms with E-state index in [0.717, 1.165) is 48.3 Å². The number of urea groups is 1. The fraction of sp³-hybridized carbons (Fsp3) is 0.296. The van der Waals surface area contributed by atoms with E-state index in [9.17, 15) is 18.0 Å². The molecule has 8 heteroatoms. The van der Waals surface area contributed by atoms with E-state index in [4.69, 9.17) is 0 Å². The first-order chi connectivity index (χ1) is 16.9. The highest BCUT2D eigenvalue weighted by Crippen LogP contribution is 2.40. The first-order valence-electron chi connectivity index (χ1n) is 11.7. The number of rotatable bonds is 5. The maximum Gasteiger partial charge on any atom is 0.573 e. The summed E-state index contributed by atoms with van der Waals surface area (Å²) in [6.45, 7) is 2.00. The number of benzene rings is 3. The number of nitrogens with one attached hydrogen (secondary N) is 1. The van der Waals surface area contributed by atoms with Crippen LogP contribution in [0.5, 0.6) is 5.75 Å². The number of hydrogen-bond donors (Lipinski definition) is 1. The van der Waals surface area contributed by atoms with Gasteiger partial charge in [0.1, 0.15) is 5.75 Å². The van der Waals surface area contributed by atoms with Crippen molar-refractivity contribution in [2.24, 2.45) is 0 Å². The lowest BCUT2D eigenvalue weighted by Gasteiger charge is -2.45. The maximum absolute atomic E-state index is 13.3. The Labute approximate surface area is 202 Å². The molecule has 2 heterocycles. The summed E-state index contributed by atoms with van der Waals surface area (Å²) in [5.74, 6) is -0.209. The molecule has 1 fully saturated rings. The number of para-hydroxylation sites is 1. The van der Waals surface area contributed by atoms with Gasteiger partial charge >= 0.3 is 12.4 Å². The number of carbonyl (C=O) groups excluding carboxylic acids is 1. The molecule has 1 saturated heterocycles. The van der Waals surface area contributed by atoms with Gasteiger partial charge in [-0.3, -0.25) is 4.90 Å². The molecule has 3 aromatic rings.